The summed E-state index contributed by atoms with van der Waals surface area (Å²) in [4.78, 5) is 2.54. The maximum Gasteiger partial charge on any atom is 0.122 e. The van der Waals surface area contributed by atoms with Crippen LogP contribution >= 0.6 is 0 Å². The number of hydrogen-bond acceptors (Lipinski definition) is 1. The number of piperidine rings is 1. The molecule has 2 aliphatic rings. The lowest BCUT2D eigenvalue weighted by Crippen LogP contribution is -2.39. The summed E-state index contributed by atoms with van der Waals surface area (Å²) in [5.74, 6) is 0.626. The van der Waals surface area contributed by atoms with E-state index >= 15 is 0 Å². The van der Waals surface area contributed by atoms with Gasteiger partial charge in [0.05, 0.1) is 0 Å². The third-order valence-corrected chi connectivity index (χ3v) is 4.64. The molecular weight excluding hydrogens is 237 g/mol. The first kappa shape index (κ1) is 14.5. The molecule has 0 aromatic rings. The molecule has 106 valence electrons. The Morgan fingerprint density at radius 3 is 2.42 bits per heavy atom. The molecule has 2 fully saturated rings. The van der Waals surface area contributed by atoms with Crippen LogP contribution in [-0.2, 0) is 0 Å². The Bertz CT molecular complexity index is 367. The zero-order chi connectivity index (χ0) is 13.8. The molecule has 19 heavy (non-hydrogen) atoms. The van der Waals surface area contributed by atoms with Gasteiger partial charge in [0, 0.05) is 12.1 Å². The van der Waals surface area contributed by atoms with Crippen LogP contribution in [0.5, 0.6) is 0 Å². The van der Waals surface area contributed by atoms with Gasteiger partial charge in [-0.3, -0.25) is 0 Å². The number of alkyl halides is 1. The molecule has 3 unspecified atom stereocenters. The van der Waals surface area contributed by atoms with Gasteiger partial charge in [-0.15, -0.1) is 0 Å². The van der Waals surface area contributed by atoms with E-state index in [1.54, 1.807) is 6.92 Å². The maximum atomic E-state index is 13.5. The van der Waals surface area contributed by atoms with Crippen molar-refractivity contribution in [2.75, 3.05) is 7.05 Å². The Morgan fingerprint density at radius 2 is 1.89 bits per heavy atom. The predicted molar refractivity (Wildman–Crippen MR) is 79.9 cm³/mol. The van der Waals surface area contributed by atoms with E-state index in [9.17, 15) is 4.39 Å². The summed E-state index contributed by atoms with van der Waals surface area (Å²) in [5, 5.41) is 0. The Labute approximate surface area is 116 Å². The molecule has 1 nitrogen and oxygen atoms in total. The van der Waals surface area contributed by atoms with Crippen molar-refractivity contribution in [3.05, 3.63) is 36.0 Å². The largest absolute Gasteiger partial charge is 0.300 e. The average molecular weight is 263 g/mol. The summed E-state index contributed by atoms with van der Waals surface area (Å²) < 4.78 is 13.5. The summed E-state index contributed by atoms with van der Waals surface area (Å²) in [6.07, 6.45) is 14.2. The first-order valence-electron chi connectivity index (χ1n) is 7.49. The Balaban J connectivity index is 1.98. The van der Waals surface area contributed by atoms with E-state index < -0.39 is 6.17 Å². The van der Waals surface area contributed by atoms with Gasteiger partial charge in [-0.2, -0.15) is 0 Å². The molecule has 2 bridgehead atoms. The lowest BCUT2D eigenvalue weighted by atomic mass is 9.90. The smallest absolute Gasteiger partial charge is 0.122 e. The molecule has 0 aromatic heterocycles. The SMILES string of the molecule is C\C=C/C=C(/C=C/C1CC2CCC(C1)N2C)C(C)F. The van der Waals surface area contributed by atoms with Crippen LogP contribution in [0.3, 0.4) is 0 Å². The van der Waals surface area contributed by atoms with E-state index in [-0.39, 0.29) is 0 Å². The third kappa shape index (κ3) is 3.56. The second-order valence-electron chi connectivity index (χ2n) is 5.95. The van der Waals surface area contributed by atoms with Gasteiger partial charge >= 0.3 is 0 Å². The highest BCUT2D eigenvalue weighted by molar-refractivity contribution is 5.27. The van der Waals surface area contributed by atoms with Crippen molar-refractivity contribution >= 4 is 0 Å². The van der Waals surface area contributed by atoms with E-state index in [1.807, 2.05) is 31.2 Å². The molecule has 2 aliphatic heterocycles. The monoisotopic (exact) mass is 263 g/mol. The second-order valence-corrected chi connectivity index (χ2v) is 5.95. The number of allylic oxidation sites excluding steroid dienone is 6. The summed E-state index contributed by atoms with van der Waals surface area (Å²) in [7, 11) is 2.25. The number of hydrogen-bond donors (Lipinski definition) is 0. The molecule has 2 heteroatoms. The van der Waals surface area contributed by atoms with Crippen molar-refractivity contribution < 1.29 is 4.39 Å². The third-order valence-electron chi connectivity index (χ3n) is 4.64. The zero-order valence-electron chi connectivity index (χ0n) is 12.3. The van der Waals surface area contributed by atoms with Crippen molar-refractivity contribution in [3.8, 4) is 0 Å². The fourth-order valence-electron chi connectivity index (χ4n) is 3.39. The highest BCUT2D eigenvalue weighted by Crippen LogP contribution is 2.38. The number of nitrogens with zero attached hydrogens (tertiary/aromatic N) is 1. The maximum absolute atomic E-state index is 13.5. The molecule has 3 atom stereocenters. The lowest BCUT2D eigenvalue weighted by Gasteiger charge is -2.35. The van der Waals surface area contributed by atoms with Crippen LogP contribution in [0.25, 0.3) is 0 Å². The number of fused-ring (bicyclic) bond motifs is 2. The fraction of sp³-hybridized carbons (Fsp3) is 0.647. The van der Waals surface area contributed by atoms with Gasteiger partial charge in [-0.25, -0.2) is 4.39 Å². The van der Waals surface area contributed by atoms with Crippen LogP contribution < -0.4 is 0 Å². The van der Waals surface area contributed by atoms with Gasteiger partial charge < -0.3 is 4.90 Å². The van der Waals surface area contributed by atoms with Gasteiger partial charge in [0.1, 0.15) is 6.17 Å². The van der Waals surface area contributed by atoms with Crippen molar-refractivity contribution in [2.45, 2.75) is 57.8 Å². The van der Waals surface area contributed by atoms with Crippen molar-refractivity contribution in [3.63, 3.8) is 0 Å². The highest BCUT2D eigenvalue weighted by atomic mass is 19.1. The first-order valence-corrected chi connectivity index (χ1v) is 7.49. The molecule has 0 spiro atoms. The molecule has 0 radical (unpaired) electrons. The van der Waals surface area contributed by atoms with Crippen molar-refractivity contribution in [2.24, 2.45) is 5.92 Å². The fourth-order valence-corrected chi connectivity index (χ4v) is 3.39. The van der Waals surface area contributed by atoms with Gasteiger partial charge in [-0.1, -0.05) is 30.4 Å². The summed E-state index contributed by atoms with van der Waals surface area (Å²) in [6.45, 7) is 3.56. The lowest BCUT2D eigenvalue weighted by molar-refractivity contribution is 0.152. The topological polar surface area (TPSA) is 3.24 Å². The van der Waals surface area contributed by atoms with Crippen molar-refractivity contribution in [1.29, 1.82) is 0 Å². The molecule has 0 aliphatic carbocycles. The van der Waals surface area contributed by atoms with Crippen LogP contribution in [0.2, 0.25) is 0 Å². The van der Waals surface area contributed by atoms with Crippen LogP contribution in [-0.4, -0.2) is 30.2 Å². The molecule has 0 saturated carbocycles. The quantitative estimate of drug-likeness (QED) is 0.684. The highest BCUT2D eigenvalue weighted by Gasteiger charge is 2.37. The van der Waals surface area contributed by atoms with E-state index in [2.05, 4.69) is 18.0 Å². The number of rotatable bonds is 4. The minimum absolute atomic E-state index is 0.626. The summed E-state index contributed by atoms with van der Waals surface area (Å²) in [6, 6.07) is 1.50. The van der Waals surface area contributed by atoms with Crippen LogP contribution in [0.4, 0.5) is 4.39 Å². The van der Waals surface area contributed by atoms with Gasteiger partial charge in [0.25, 0.3) is 0 Å². The predicted octanol–water partition coefficient (Wildman–Crippen LogP) is 4.28. The van der Waals surface area contributed by atoms with Crippen LogP contribution in [0.15, 0.2) is 36.0 Å². The summed E-state index contributed by atoms with van der Waals surface area (Å²) in [5.41, 5.74) is 0.782. The van der Waals surface area contributed by atoms with Crippen LogP contribution in [0, 0.1) is 5.92 Å². The Hall–Kier alpha value is -0.890. The normalized spacial score (nSPS) is 34.5. The molecule has 0 N–H and O–H groups in total. The van der Waals surface area contributed by atoms with E-state index in [4.69, 9.17) is 0 Å². The van der Waals surface area contributed by atoms with Gasteiger partial charge in [-0.05, 0) is 58.1 Å². The molecule has 0 amide bonds. The first-order chi connectivity index (χ1) is 9.11. The second kappa shape index (κ2) is 6.51. The van der Waals surface area contributed by atoms with Crippen LogP contribution in [0.1, 0.15) is 39.5 Å². The van der Waals surface area contributed by atoms with Crippen molar-refractivity contribution in [1.82, 2.24) is 4.90 Å². The Kier molecular flexibility index (Phi) is 4.98. The Morgan fingerprint density at radius 1 is 1.26 bits per heavy atom. The van der Waals surface area contributed by atoms with Gasteiger partial charge in [0.2, 0.25) is 0 Å². The molecule has 0 aromatic carbocycles. The minimum atomic E-state index is -0.893. The zero-order valence-corrected chi connectivity index (χ0v) is 12.3. The number of halogens is 1. The van der Waals surface area contributed by atoms with Gasteiger partial charge in [0.15, 0.2) is 0 Å². The minimum Gasteiger partial charge on any atom is -0.300 e. The molecule has 2 saturated heterocycles. The standard InChI is InChI=1S/C17H26FN/c1-4-5-6-15(13(2)18)8-7-14-11-16-9-10-17(12-14)19(16)3/h4-8,13-14,16-17H,9-12H2,1-3H3/b5-4-,8-7+,15-6-. The van der Waals surface area contributed by atoms with E-state index in [0.29, 0.717) is 5.92 Å². The molecular formula is C17H26FN. The van der Waals surface area contributed by atoms with E-state index in [1.165, 1.54) is 25.7 Å². The van der Waals surface area contributed by atoms with E-state index in [0.717, 1.165) is 17.7 Å². The molecule has 2 heterocycles. The molecule has 2 rings (SSSR count). The average Bonchev–Trinajstić information content (AvgIpc) is 2.62. The summed E-state index contributed by atoms with van der Waals surface area (Å²) >= 11 is 0.